The van der Waals surface area contributed by atoms with Gasteiger partial charge in [-0.2, -0.15) is 0 Å². The number of hydrogen-bond acceptors (Lipinski definition) is 5. The maximum absolute atomic E-state index is 11.8. The van der Waals surface area contributed by atoms with Gasteiger partial charge in [-0.05, 0) is 46.0 Å². The van der Waals surface area contributed by atoms with Gasteiger partial charge in [0.15, 0.2) is 5.96 Å². The lowest BCUT2D eigenvalue weighted by molar-refractivity contribution is -0.148. The van der Waals surface area contributed by atoms with Crippen LogP contribution in [0, 0.1) is 6.92 Å². The van der Waals surface area contributed by atoms with Crippen LogP contribution in [-0.4, -0.2) is 36.1 Å². The van der Waals surface area contributed by atoms with Gasteiger partial charge in [-0.3, -0.25) is 4.79 Å². The lowest BCUT2D eigenvalue weighted by atomic mass is 10.3. The molecule has 0 saturated heterocycles. The largest absolute Gasteiger partial charge is 0.462 e. The van der Waals surface area contributed by atoms with Crippen LogP contribution >= 0.6 is 35.3 Å². The molecule has 0 amide bonds. The molecule has 0 bridgehead atoms. The summed E-state index contributed by atoms with van der Waals surface area (Å²) in [4.78, 5) is 21.8. The van der Waals surface area contributed by atoms with E-state index in [4.69, 9.17) is 4.74 Å². The third kappa shape index (κ3) is 8.84. The van der Waals surface area contributed by atoms with Crippen LogP contribution in [0.1, 0.15) is 55.3 Å². The standard InChI is InChI=1S/C17H28N4O2S.HI/c1-3-18-17(21-12-15-20-11-13(2)24-15)19-10-6-9-16(22)23-14-7-4-5-8-14;/h11,14H,3-10,12H2,1-2H3,(H2,18,19,21);1H. The lowest BCUT2D eigenvalue weighted by Crippen LogP contribution is -2.37. The van der Waals surface area contributed by atoms with E-state index in [-0.39, 0.29) is 36.0 Å². The molecule has 1 heterocycles. The number of ether oxygens (including phenoxy) is 1. The van der Waals surface area contributed by atoms with Crippen LogP contribution in [-0.2, 0) is 16.1 Å². The minimum absolute atomic E-state index is 0. The van der Waals surface area contributed by atoms with E-state index < -0.39 is 0 Å². The summed E-state index contributed by atoms with van der Waals surface area (Å²) in [6.45, 7) is 6.13. The topological polar surface area (TPSA) is 75.6 Å². The van der Waals surface area contributed by atoms with E-state index in [1.54, 1.807) is 11.3 Å². The van der Waals surface area contributed by atoms with Gasteiger partial charge in [-0.15, -0.1) is 35.3 Å². The predicted molar refractivity (Wildman–Crippen MR) is 113 cm³/mol. The van der Waals surface area contributed by atoms with Crippen LogP contribution in [0.15, 0.2) is 11.2 Å². The number of guanidine groups is 1. The highest BCUT2D eigenvalue weighted by atomic mass is 127. The van der Waals surface area contributed by atoms with Crippen LogP contribution in [0.25, 0.3) is 0 Å². The Kier molecular flexibility index (Phi) is 11.0. The zero-order valence-corrected chi connectivity index (χ0v) is 18.2. The van der Waals surface area contributed by atoms with Crippen molar-refractivity contribution < 1.29 is 9.53 Å². The second kappa shape index (κ2) is 12.5. The average Bonchev–Trinajstić information content (AvgIpc) is 3.20. The highest BCUT2D eigenvalue weighted by molar-refractivity contribution is 14.0. The molecular weight excluding hydrogens is 451 g/mol. The fraction of sp³-hybridized carbons (Fsp3) is 0.706. The normalized spacial score (nSPS) is 14.9. The number of aliphatic imine (C=N–C) groups is 1. The van der Waals surface area contributed by atoms with Crippen molar-refractivity contribution in [1.82, 2.24) is 15.6 Å². The van der Waals surface area contributed by atoms with Crippen molar-refractivity contribution in [2.24, 2.45) is 4.99 Å². The molecule has 25 heavy (non-hydrogen) atoms. The van der Waals surface area contributed by atoms with Crippen molar-refractivity contribution in [3.05, 3.63) is 16.1 Å². The predicted octanol–water partition coefficient (Wildman–Crippen LogP) is 3.39. The molecule has 0 aromatic carbocycles. The number of nitrogens with one attached hydrogen (secondary N) is 2. The minimum Gasteiger partial charge on any atom is -0.462 e. The van der Waals surface area contributed by atoms with E-state index in [0.717, 1.165) is 36.8 Å². The van der Waals surface area contributed by atoms with Crippen molar-refractivity contribution in [3.63, 3.8) is 0 Å². The van der Waals surface area contributed by atoms with E-state index in [9.17, 15) is 4.79 Å². The second-order valence-electron chi connectivity index (χ2n) is 5.99. The Morgan fingerprint density at radius 3 is 2.80 bits per heavy atom. The molecule has 6 nitrogen and oxygen atoms in total. The molecule has 1 saturated carbocycles. The van der Waals surface area contributed by atoms with E-state index in [1.807, 2.05) is 20.0 Å². The van der Waals surface area contributed by atoms with Crippen molar-refractivity contribution in [3.8, 4) is 0 Å². The Morgan fingerprint density at radius 2 is 2.16 bits per heavy atom. The summed E-state index contributed by atoms with van der Waals surface area (Å²) in [6.07, 6.45) is 7.63. The van der Waals surface area contributed by atoms with Crippen LogP contribution < -0.4 is 10.6 Å². The number of hydrogen-bond donors (Lipinski definition) is 2. The van der Waals surface area contributed by atoms with Crippen molar-refractivity contribution >= 4 is 47.2 Å². The van der Waals surface area contributed by atoms with Gasteiger partial charge in [-0.25, -0.2) is 9.98 Å². The number of carbonyl (C=O) groups excluding carboxylic acids is 1. The third-order valence-corrected chi connectivity index (χ3v) is 4.73. The molecule has 142 valence electrons. The van der Waals surface area contributed by atoms with Gasteiger partial charge in [0.05, 0.1) is 6.54 Å². The molecule has 1 aromatic heterocycles. The minimum atomic E-state index is -0.0797. The highest BCUT2D eigenvalue weighted by Gasteiger charge is 2.18. The Morgan fingerprint density at radius 1 is 1.40 bits per heavy atom. The van der Waals surface area contributed by atoms with E-state index in [0.29, 0.717) is 19.5 Å². The Balaban J connectivity index is 0.00000312. The number of rotatable bonds is 8. The summed E-state index contributed by atoms with van der Waals surface area (Å²) < 4.78 is 5.45. The van der Waals surface area contributed by atoms with Crippen molar-refractivity contribution in [2.75, 3.05) is 13.1 Å². The summed E-state index contributed by atoms with van der Waals surface area (Å²) in [5.74, 6) is 0.679. The fourth-order valence-electron chi connectivity index (χ4n) is 2.65. The molecule has 2 N–H and O–H groups in total. The first kappa shape index (κ1) is 22.1. The average molecular weight is 480 g/mol. The number of thiazole rings is 1. The molecule has 0 aliphatic heterocycles. The summed E-state index contributed by atoms with van der Waals surface area (Å²) in [5.41, 5.74) is 0. The summed E-state index contributed by atoms with van der Waals surface area (Å²) in [7, 11) is 0. The summed E-state index contributed by atoms with van der Waals surface area (Å²) >= 11 is 1.66. The van der Waals surface area contributed by atoms with Crippen LogP contribution in [0.4, 0.5) is 0 Å². The quantitative estimate of drug-likeness (QED) is 0.196. The SMILES string of the molecule is CCNC(=NCc1ncc(C)s1)NCCCC(=O)OC1CCCC1.I. The molecule has 1 fully saturated rings. The maximum atomic E-state index is 11.8. The maximum Gasteiger partial charge on any atom is 0.306 e. The zero-order valence-electron chi connectivity index (χ0n) is 15.0. The number of esters is 1. The van der Waals surface area contributed by atoms with Crippen molar-refractivity contribution in [1.29, 1.82) is 0 Å². The Hall–Kier alpha value is -0.900. The molecule has 0 spiro atoms. The summed E-state index contributed by atoms with van der Waals surface area (Å²) in [6, 6.07) is 0. The molecule has 1 aromatic rings. The number of halogens is 1. The first-order valence-electron chi connectivity index (χ1n) is 8.80. The molecule has 0 atom stereocenters. The van der Waals surface area contributed by atoms with E-state index in [1.165, 1.54) is 17.7 Å². The van der Waals surface area contributed by atoms with Crippen LogP contribution in [0.2, 0.25) is 0 Å². The summed E-state index contributed by atoms with van der Waals surface area (Å²) in [5, 5.41) is 7.47. The van der Waals surface area contributed by atoms with Gasteiger partial charge in [0.25, 0.3) is 0 Å². The number of aryl methyl sites for hydroxylation is 1. The van der Waals surface area contributed by atoms with Crippen molar-refractivity contribution in [2.45, 2.75) is 65.0 Å². The Bertz CT molecular complexity index is 545. The van der Waals surface area contributed by atoms with E-state index in [2.05, 4.69) is 20.6 Å². The fourth-order valence-corrected chi connectivity index (χ4v) is 3.37. The smallest absolute Gasteiger partial charge is 0.306 e. The van der Waals surface area contributed by atoms with E-state index >= 15 is 0 Å². The number of aromatic nitrogens is 1. The highest BCUT2D eigenvalue weighted by Crippen LogP contribution is 2.21. The third-order valence-electron chi connectivity index (χ3n) is 3.84. The van der Waals surface area contributed by atoms with Crippen LogP contribution in [0.3, 0.4) is 0 Å². The van der Waals surface area contributed by atoms with Gasteiger partial charge in [0, 0.05) is 30.6 Å². The van der Waals surface area contributed by atoms with Gasteiger partial charge >= 0.3 is 5.97 Å². The lowest BCUT2D eigenvalue weighted by Gasteiger charge is -2.12. The first-order valence-corrected chi connectivity index (χ1v) is 9.62. The van der Waals surface area contributed by atoms with Gasteiger partial charge in [0.1, 0.15) is 11.1 Å². The Labute approximate surface area is 171 Å². The monoisotopic (exact) mass is 480 g/mol. The number of nitrogens with zero attached hydrogens (tertiary/aromatic N) is 2. The molecule has 2 rings (SSSR count). The van der Waals surface area contributed by atoms with Gasteiger partial charge in [0.2, 0.25) is 0 Å². The molecular formula is C17H29IN4O2S. The molecule has 0 unspecified atom stereocenters. The molecule has 0 radical (unpaired) electrons. The molecule has 8 heteroatoms. The van der Waals surface area contributed by atoms with Gasteiger partial charge in [-0.1, -0.05) is 0 Å². The van der Waals surface area contributed by atoms with Gasteiger partial charge < -0.3 is 15.4 Å². The second-order valence-corrected chi connectivity index (χ2v) is 7.31. The molecule has 1 aliphatic carbocycles. The van der Waals surface area contributed by atoms with Crippen LogP contribution in [0.5, 0.6) is 0 Å². The number of carbonyl (C=O) groups is 1. The molecule has 1 aliphatic rings. The first-order chi connectivity index (χ1) is 11.7. The zero-order chi connectivity index (χ0) is 17.2.